The first kappa shape index (κ1) is 8.74. The molecule has 1 saturated heterocycles. The van der Waals surface area contributed by atoms with E-state index >= 15 is 0 Å². The van der Waals surface area contributed by atoms with Crippen molar-refractivity contribution in [1.29, 1.82) is 5.26 Å². The van der Waals surface area contributed by atoms with Crippen molar-refractivity contribution in [2.75, 3.05) is 6.54 Å². The summed E-state index contributed by atoms with van der Waals surface area (Å²) in [7, 11) is 0. The lowest BCUT2D eigenvalue weighted by atomic mass is 10.1. The van der Waals surface area contributed by atoms with Crippen LogP contribution in [0.2, 0.25) is 0 Å². The Balaban J connectivity index is 2.09. The fourth-order valence-electron chi connectivity index (χ4n) is 1.69. The monoisotopic (exact) mass is 192 g/mol. The number of nitriles is 1. The number of rotatable bonds is 1. The van der Waals surface area contributed by atoms with Crippen LogP contribution in [0.4, 0.5) is 0 Å². The number of hydrogen-bond acceptors (Lipinski definition) is 3. The van der Waals surface area contributed by atoms with Crippen molar-refractivity contribution in [1.82, 2.24) is 5.32 Å². The Bertz CT molecular complexity index is 337. The van der Waals surface area contributed by atoms with Gasteiger partial charge in [-0.05, 0) is 25.5 Å². The second kappa shape index (κ2) is 3.49. The molecule has 1 aromatic rings. The standard InChI is InChI=1S/C10H12N2S/c1-7-2-3-10(13-7)9-4-8(5-11)6-12-9/h2-3,8-9,12H,4,6H2,1H3. The molecular formula is C10H12N2S. The zero-order chi connectivity index (χ0) is 9.26. The number of nitrogens with one attached hydrogen (secondary N) is 1. The first-order valence-electron chi connectivity index (χ1n) is 4.49. The third-order valence-corrected chi connectivity index (χ3v) is 3.53. The summed E-state index contributed by atoms with van der Waals surface area (Å²) >= 11 is 1.83. The van der Waals surface area contributed by atoms with Crippen LogP contribution in [0, 0.1) is 24.2 Å². The van der Waals surface area contributed by atoms with Crippen molar-refractivity contribution >= 4 is 11.3 Å². The Labute approximate surface area is 82.2 Å². The van der Waals surface area contributed by atoms with Crippen molar-refractivity contribution in [3.05, 3.63) is 21.9 Å². The molecule has 2 heterocycles. The van der Waals surface area contributed by atoms with Crippen LogP contribution in [0.1, 0.15) is 22.2 Å². The minimum Gasteiger partial charge on any atom is -0.308 e. The Morgan fingerprint density at radius 1 is 1.62 bits per heavy atom. The Morgan fingerprint density at radius 2 is 2.46 bits per heavy atom. The smallest absolute Gasteiger partial charge is 0.0669 e. The van der Waals surface area contributed by atoms with Gasteiger partial charge in [-0.2, -0.15) is 5.26 Å². The van der Waals surface area contributed by atoms with E-state index in [-0.39, 0.29) is 5.92 Å². The van der Waals surface area contributed by atoms with Gasteiger partial charge in [0.2, 0.25) is 0 Å². The van der Waals surface area contributed by atoms with E-state index in [9.17, 15) is 0 Å². The summed E-state index contributed by atoms with van der Waals surface area (Å²) in [5, 5.41) is 12.1. The highest BCUT2D eigenvalue weighted by atomic mass is 32.1. The Kier molecular flexibility index (Phi) is 2.34. The molecule has 0 bridgehead atoms. The molecule has 1 aliphatic heterocycles. The molecule has 2 atom stereocenters. The van der Waals surface area contributed by atoms with Crippen molar-refractivity contribution < 1.29 is 0 Å². The molecule has 13 heavy (non-hydrogen) atoms. The molecular weight excluding hydrogens is 180 g/mol. The first-order valence-corrected chi connectivity index (χ1v) is 5.30. The summed E-state index contributed by atoms with van der Waals surface area (Å²) < 4.78 is 0. The molecule has 1 aromatic heterocycles. The topological polar surface area (TPSA) is 35.8 Å². The molecule has 1 N–H and O–H groups in total. The first-order chi connectivity index (χ1) is 6.29. The van der Waals surface area contributed by atoms with Crippen LogP contribution in [0.5, 0.6) is 0 Å². The van der Waals surface area contributed by atoms with E-state index in [2.05, 4.69) is 30.4 Å². The minimum atomic E-state index is 0.201. The van der Waals surface area contributed by atoms with E-state index in [1.54, 1.807) is 0 Å². The molecule has 0 saturated carbocycles. The summed E-state index contributed by atoms with van der Waals surface area (Å²) in [4.78, 5) is 2.72. The largest absolute Gasteiger partial charge is 0.308 e. The van der Waals surface area contributed by atoms with Crippen LogP contribution in [-0.2, 0) is 0 Å². The summed E-state index contributed by atoms with van der Waals surface area (Å²) in [6.45, 7) is 2.96. The van der Waals surface area contributed by atoms with Crippen LogP contribution in [0.3, 0.4) is 0 Å². The molecule has 0 aliphatic carbocycles. The van der Waals surface area contributed by atoms with E-state index in [1.165, 1.54) is 9.75 Å². The Morgan fingerprint density at radius 3 is 3.00 bits per heavy atom. The molecule has 68 valence electrons. The number of hydrogen-bond donors (Lipinski definition) is 1. The van der Waals surface area contributed by atoms with E-state index in [4.69, 9.17) is 5.26 Å². The van der Waals surface area contributed by atoms with Crippen LogP contribution in [0.25, 0.3) is 0 Å². The molecule has 1 fully saturated rings. The van der Waals surface area contributed by atoms with Gasteiger partial charge in [0.05, 0.1) is 12.0 Å². The zero-order valence-corrected chi connectivity index (χ0v) is 8.40. The highest BCUT2D eigenvalue weighted by molar-refractivity contribution is 7.12. The fraction of sp³-hybridized carbons (Fsp3) is 0.500. The van der Waals surface area contributed by atoms with E-state index in [0.717, 1.165) is 13.0 Å². The molecule has 1 aliphatic rings. The predicted molar refractivity (Wildman–Crippen MR) is 53.5 cm³/mol. The van der Waals surface area contributed by atoms with E-state index in [1.807, 2.05) is 11.3 Å². The van der Waals surface area contributed by atoms with Crippen molar-refractivity contribution in [3.63, 3.8) is 0 Å². The van der Waals surface area contributed by atoms with Crippen LogP contribution in [-0.4, -0.2) is 6.54 Å². The average molecular weight is 192 g/mol. The van der Waals surface area contributed by atoms with Gasteiger partial charge >= 0.3 is 0 Å². The van der Waals surface area contributed by atoms with Gasteiger partial charge in [-0.25, -0.2) is 0 Å². The van der Waals surface area contributed by atoms with Gasteiger partial charge in [0, 0.05) is 22.3 Å². The number of aryl methyl sites for hydroxylation is 1. The van der Waals surface area contributed by atoms with Gasteiger partial charge in [-0.15, -0.1) is 11.3 Å². The molecule has 0 radical (unpaired) electrons. The minimum absolute atomic E-state index is 0.201. The number of nitrogens with zero attached hydrogens (tertiary/aromatic N) is 1. The highest BCUT2D eigenvalue weighted by Gasteiger charge is 2.25. The van der Waals surface area contributed by atoms with E-state index in [0.29, 0.717) is 6.04 Å². The lowest BCUT2D eigenvalue weighted by Gasteiger charge is -2.05. The maximum absolute atomic E-state index is 8.75. The SMILES string of the molecule is Cc1ccc(C2CC(C#N)CN2)s1. The summed E-state index contributed by atoms with van der Waals surface area (Å²) in [6, 6.07) is 7.04. The normalized spacial score (nSPS) is 27.4. The summed E-state index contributed by atoms with van der Waals surface area (Å²) in [6.07, 6.45) is 0.969. The second-order valence-corrected chi connectivity index (χ2v) is 4.79. The van der Waals surface area contributed by atoms with Crippen molar-refractivity contribution in [2.45, 2.75) is 19.4 Å². The predicted octanol–water partition coefficient (Wildman–Crippen LogP) is 2.23. The van der Waals surface area contributed by atoms with Gasteiger partial charge < -0.3 is 5.32 Å². The molecule has 2 nitrogen and oxygen atoms in total. The second-order valence-electron chi connectivity index (χ2n) is 3.47. The van der Waals surface area contributed by atoms with E-state index < -0.39 is 0 Å². The maximum Gasteiger partial charge on any atom is 0.0669 e. The summed E-state index contributed by atoms with van der Waals surface area (Å²) in [5.41, 5.74) is 0. The van der Waals surface area contributed by atoms with Crippen molar-refractivity contribution in [2.24, 2.45) is 5.92 Å². The van der Waals surface area contributed by atoms with Gasteiger partial charge in [-0.3, -0.25) is 0 Å². The highest BCUT2D eigenvalue weighted by Crippen LogP contribution is 2.31. The molecule has 0 spiro atoms. The van der Waals surface area contributed by atoms with Crippen LogP contribution >= 0.6 is 11.3 Å². The van der Waals surface area contributed by atoms with Crippen LogP contribution < -0.4 is 5.32 Å². The van der Waals surface area contributed by atoms with Gasteiger partial charge in [0.15, 0.2) is 0 Å². The third kappa shape index (κ3) is 1.74. The molecule has 0 aromatic carbocycles. The zero-order valence-electron chi connectivity index (χ0n) is 7.58. The molecule has 2 unspecified atom stereocenters. The van der Waals surface area contributed by atoms with Crippen molar-refractivity contribution in [3.8, 4) is 6.07 Å². The maximum atomic E-state index is 8.75. The Hall–Kier alpha value is -0.850. The van der Waals surface area contributed by atoms with Crippen LogP contribution in [0.15, 0.2) is 12.1 Å². The quantitative estimate of drug-likeness (QED) is 0.740. The average Bonchev–Trinajstić information content (AvgIpc) is 2.71. The van der Waals surface area contributed by atoms with Gasteiger partial charge in [-0.1, -0.05) is 0 Å². The third-order valence-electron chi connectivity index (χ3n) is 2.42. The lowest BCUT2D eigenvalue weighted by Crippen LogP contribution is -2.12. The fourth-order valence-corrected chi connectivity index (χ4v) is 2.66. The summed E-state index contributed by atoms with van der Waals surface area (Å²) in [5.74, 6) is 0.201. The number of thiophene rings is 1. The van der Waals surface area contributed by atoms with Gasteiger partial charge in [0.1, 0.15) is 0 Å². The molecule has 3 heteroatoms. The molecule has 0 amide bonds. The molecule has 2 rings (SSSR count). The lowest BCUT2D eigenvalue weighted by molar-refractivity contribution is 0.651. The van der Waals surface area contributed by atoms with Gasteiger partial charge in [0.25, 0.3) is 0 Å².